The summed E-state index contributed by atoms with van der Waals surface area (Å²) in [6.45, 7) is 0. The largest absolute Gasteiger partial charge is 0.260 e. The lowest BCUT2D eigenvalue weighted by molar-refractivity contribution is 0.899. The normalized spacial score (nSPS) is 13.9. The van der Waals surface area contributed by atoms with Crippen molar-refractivity contribution in [2.75, 3.05) is 0 Å². The number of hydrogen-bond donors (Lipinski definition) is 0. The summed E-state index contributed by atoms with van der Waals surface area (Å²) >= 11 is 0. The van der Waals surface area contributed by atoms with Crippen molar-refractivity contribution in [1.82, 2.24) is 4.98 Å². The number of rotatable bonds is 1. The Morgan fingerprint density at radius 1 is 0.933 bits per heavy atom. The van der Waals surface area contributed by atoms with Crippen LogP contribution in [0.3, 0.4) is 0 Å². The molecule has 1 heteroatoms. The predicted octanol–water partition coefficient (Wildman–Crippen LogP) is 3.24. The Morgan fingerprint density at radius 3 is 2.67 bits per heavy atom. The number of nitrogens with zero attached hydrogens (tertiary/aromatic N) is 1. The lowest BCUT2D eigenvalue weighted by Crippen LogP contribution is -1.88. The number of aryl methyl sites for hydroxylation is 2. The Hall–Kier alpha value is -1.63. The molecule has 15 heavy (non-hydrogen) atoms. The van der Waals surface area contributed by atoms with Crippen LogP contribution in [0, 0.1) is 0 Å². The summed E-state index contributed by atoms with van der Waals surface area (Å²) in [5.41, 5.74) is 5.25. The van der Waals surface area contributed by atoms with Crippen LogP contribution in [0.15, 0.2) is 42.6 Å². The van der Waals surface area contributed by atoms with Crippen LogP contribution >= 0.6 is 0 Å². The van der Waals surface area contributed by atoms with E-state index in [1.165, 1.54) is 35.2 Å². The molecule has 0 aliphatic heterocycles. The van der Waals surface area contributed by atoms with Gasteiger partial charge in [0.2, 0.25) is 0 Å². The Morgan fingerprint density at radius 2 is 1.80 bits per heavy atom. The molecular weight excluding hydrogens is 182 g/mol. The van der Waals surface area contributed by atoms with E-state index in [0.717, 1.165) is 6.42 Å². The zero-order valence-corrected chi connectivity index (χ0v) is 8.61. The second kappa shape index (κ2) is 3.50. The lowest BCUT2D eigenvalue weighted by Gasteiger charge is -2.03. The molecule has 0 spiro atoms. The summed E-state index contributed by atoms with van der Waals surface area (Å²) in [5, 5.41) is 0. The summed E-state index contributed by atoms with van der Waals surface area (Å²) in [6.07, 6.45) is 5.62. The molecule has 1 aliphatic rings. The number of benzene rings is 1. The van der Waals surface area contributed by atoms with Crippen LogP contribution in [0.4, 0.5) is 0 Å². The minimum Gasteiger partial charge on any atom is -0.260 e. The molecule has 0 N–H and O–H groups in total. The summed E-state index contributed by atoms with van der Waals surface area (Å²) in [7, 11) is 0. The van der Waals surface area contributed by atoms with Crippen molar-refractivity contribution >= 4 is 0 Å². The molecule has 0 radical (unpaired) electrons. The van der Waals surface area contributed by atoms with E-state index in [0.29, 0.717) is 0 Å². The second-order valence-electron chi connectivity index (χ2n) is 4.05. The van der Waals surface area contributed by atoms with Crippen LogP contribution in [-0.2, 0) is 12.8 Å². The van der Waals surface area contributed by atoms with Gasteiger partial charge in [0.15, 0.2) is 0 Å². The van der Waals surface area contributed by atoms with Gasteiger partial charge in [0.05, 0.1) is 0 Å². The average Bonchev–Trinajstić information content (AvgIpc) is 2.77. The van der Waals surface area contributed by atoms with E-state index in [1.807, 2.05) is 12.3 Å². The SMILES string of the molecule is c1ccc(-c2cnc3c(c2)CCC3)cc1. The molecule has 0 unspecified atom stereocenters. The lowest BCUT2D eigenvalue weighted by atomic mass is 10.1. The first-order valence-electron chi connectivity index (χ1n) is 5.47. The minimum absolute atomic E-state index is 1.16. The zero-order chi connectivity index (χ0) is 10.1. The van der Waals surface area contributed by atoms with Crippen LogP contribution in [-0.4, -0.2) is 4.98 Å². The zero-order valence-electron chi connectivity index (χ0n) is 8.61. The van der Waals surface area contributed by atoms with Crippen molar-refractivity contribution in [2.24, 2.45) is 0 Å². The van der Waals surface area contributed by atoms with Gasteiger partial charge >= 0.3 is 0 Å². The van der Waals surface area contributed by atoms with Gasteiger partial charge in [-0.1, -0.05) is 30.3 Å². The fourth-order valence-electron chi connectivity index (χ4n) is 2.21. The third kappa shape index (κ3) is 1.54. The summed E-state index contributed by atoms with van der Waals surface area (Å²) in [6, 6.07) is 12.8. The highest BCUT2D eigenvalue weighted by atomic mass is 14.7. The fourth-order valence-corrected chi connectivity index (χ4v) is 2.21. The second-order valence-corrected chi connectivity index (χ2v) is 4.05. The molecular formula is C14H13N. The Bertz CT molecular complexity index is 474. The first-order chi connectivity index (χ1) is 7.43. The van der Waals surface area contributed by atoms with Crippen molar-refractivity contribution in [3.63, 3.8) is 0 Å². The molecule has 0 atom stereocenters. The molecule has 1 aromatic carbocycles. The molecule has 0 bridgehead atoms. The highest BCUT2D eigenvalue weighted by molar-refractivity contribution is 5.63. The Balaban J connectivity index is 2.07. The fraction of sp³-hybridized carbons (Fsp3) is 0.214. The standard InChI is InChI=1S/C14H13N/c1-2-5-11(6-3-1)13-9-12-7-4-8-14(12)15-10-13/h1-3,5-6,9-10H,4,7-8H2. The minimum atomic E-state index is 1.16. The van der Waals surface area contributed by atoms with E-state index >= 15 is 0 Å². The van der Waals surface area contributed by atoms with Crippen LogP contribution in [0.1, 0.15) is 17.7 Å². The third-order valence-corrected chi connectivity index (χ3v) is 3.03. The summed E-state index contributed by atoms with van der Waals surface area (Å²) in [5.74, 6) is 0. The topological polar surface area (TPSA) is 12.9 Å². The van der Waals surface area contributed by atoms with Gasteiger partial charge in [-0.05, 0) is 36.5 Å². The third-order valence-electron chi connectivity index (χ3n) is 3.03. The quantitative estimate of drug-likeness (QED) is 0.680. The molecule has 3 rings (SSSR count). The highest BCUT2D eigenvalue weighted by Crippen LogP contribution is 2.25. The average molecular weight is 195 g/mol. The molecule has 0 fully saturated rings. The Kier molecular flexibility index (Phi) is 2.02. The molecule has 74 valence electrons. The van der Waals surface area contributed by atoms with Crippen LogP contribution in [0.2, 0.25) is 0 Å². The van der Waals surface area contributed by atoms with Crippen LogP contribution in [0.5, 0.6) is 0 Å². The smallest absolute Gasteiger partial charge is 0.0436 e. The van der Waals surface area contributed by atoms with Crippen molar-refractivity contribution < 1.29 is 0 Å². The molecule has 0 amide bonds. The maximum absolute atomic E-state index is 4.54. The van der Waals surface area contributed by atoms with Gasteiger partial charge in [-0.25, -0.2) is 0 Å². The molecule has 2 aromatic rings. The number of fused-ring (bicyclic) bond motifs is 1. The number of pyridine rings is 1. The van der Waals surface area contributed by atoms with Crippen LogP contribution in [0.25, 0.3) is 11.1 Å². The number of hydrogen-bond acceptors (Lipinski definition) is 1. The molecule has 1 heterocycles. The van der Waals surface area contributed by atoms with E-state index in [4.69, 9.17) is 0 Å². The summed E-state index contributed by atoms with van der Waals surface area (Å²) < 4.78 is 0. The van der Waals surface area contributed by atoms with Crippen molar-refractivity contribution in [3.05, 3.63) is 53.9 Å². The van der Waals surface area contributed by atoms with Gasteiger partial charge in [0.25, 0.3) is 0 Å². The van der Waals surface area contributed by atoms with Gasteiger partial charge in [-0.2, -0.15) is 0 Å². The van der Waals surface area contributed by atoms with E-state index in [-0.39, 0.29) is 0 Å². The molecule has 1 aromatic heterocycles. The van der Waals surface area contributed by atoms with Crippen molar-refractivity contribution in [3.8, 4) is 11.1 Å². The highest BCUT2D eigenvalue weighted by Gasteiger charge is 2.12. The Labute approximate surface area is 89.8 Å². The van der Waals surface area contributed by atoms with Gasteiger partial charge in [0.1, 0.15) is 0 Å². The maximum Gasteiger partial charge on any atom is 0.0436 e. The molecule has 0 saturated carbocycles. The monoisotopic (exact) mass is 195 g/mol. The van der Waals surface area contributed by atoms with Gasteiger partial charge in [0, 0.05) is 17.5 Å². The molecule has 0 saturated heterocycles. The van der Waals surface area contributed by atoms with Gasteiger partial charge in [-0.15, -0.1) is 0 Å². The first-order valence-corrected chi connectivity index (χ1v) is 5.47. The molecule has 1 nitrogen and oxygen atoms in total. The van der Waals surface area contributed by atoms with Gasteiger partial charge < -0.3 is 0 Å². The van der Waals surface area contributed by atoms with Crippen molar-refractivity contribution in [2.45, 2.75) is 19.3 Å². The maximum atomic E-state index is 4.54. The van der Waals surface area contributed by atoms with Gasteiger partial charge in [-0.3, -0.25) is 4.98 Å². The van der Waals surface area contributed by atoms with Crippen LogP contribution < -0.4 is 0 Å². The van der Waals surface area contributed by atoms with E-state index in [1.54, 1.807) is 0 Å². The predicted molar refractivity (Wildman–Crippen MR) is 61.7 cm³/mol. The number of aromatic nitrogens is 1. The van der Waals surface area contributed by atoms with Crippen molar-refractivity contribution in [1.29, 1.82) is 0 Å². The summed E-state index contributed by atoms with van der Waals surface area (Å²) in [4.78, 5) is 4.54. The first kappa shape index (κ1) is 8.66. The molecule has 1 aliphatic carbocycles. The van der Waals surface area contributed by atoms with E-state index < -0.39 is 0 Å². The van der Waals surface area contributed by atoms with E-state index in [2.05, 4.69) is 35.3 Å². The van der Waals surface area contributed by atoms with E-state index in [9.17, 15) is 0 Å².